The molecule has 4 bridgehead atoms. The molecule has 4 saturated carbocycles. The summed E-state index contributed by atoms with van der Waals surface area (Å²) < 4.78 is 1.88. The molecule has 0 unspecified atom stereocenters. The minimum atomic E-state index is -0.0160. The van der Waals surface area contributed by atoms with Gasteiger partial charge in [-0.3, -0.25) is 4.79 Å². The Kier molecular flexibility index (Phi) is 4.88. The van der Waals surface area contributed by atoms with Crippen molar-refractivity contribution in [2.75, 3.05) is 6.54 Å². The van der Waals surface area contributed by atoms with E-state index in [1.807, 2.05) is 16.8 Å². The van der Waals surface area contributed by atoms with Gasteiger partial charge in [0, 0.05) is 22.8 Å². The standard InChI is InChI=1S/C25H29Cl2N3O/c26-18-5-6-22(20(27)10-18)30-21-4-2-1-3-19(21)23(29-30)24(31)28-14-25-11-15-7-16(12-25)9-17(8-15)13-25/h5-6,10,15-17H,1-4,7-9,11-14H2,(H,28,31). The van der Waals surface area contributed by atoms with Crippen molar-refractivity contribution < 1.29 is 4.79 Å². The first kappa shape index (κ1) is 20.1. The molecule has 164 valence electrons. The van der Waals surface area contributed by atoms with E-state index in [0.29, 0.717) is 21.2 Å². The predicted molar refractivity (Wildman–Crippen MR) is 123 cm³/mol. The molecule has 0 radical (unpaired) electrons. The van der Waals surface area contributed by atoms with Crippen molar-refractivity contribution in [2.24, 2.45) is 23.2 Å². The number of nitrogens with one attached hydrogen (secondary N) is 1. The van der Waals surface area contributed by atoms with Crippen LogP contribution in [0.4, 0.5) is 0 Å². The Morgan fingerprint density at radius 2 is 1.74 bits per heavy atom. The van der Waals surface area contributed by atoms with Crippen molar-refractivity contribution in [3.8, 4) is 5.69 Å². The van der Waals surface area contributed by atoms with Crippen molar-refractivity contribution in [1.82, 2.24) is 15.1 Å². The lowest BCUT2D eigenvalue weighted by atomic mass is 9.49. The summed E-state index contributed by atoms with van der Waals surface area (Å²) in [6.45, 7) is 0.804. The number of halogens is 2. The van der Waals surface area contributed by atoms with Crippen LogP contribution in [0.5, 0.6) is 0 Å². The highest BCUT2D eigenvalue weighted by atomic mass is 35.5. The van der Waals surface area contributed by atoms with Crippen molar-refractivity contribution in [3.05, 3.63) is 45.2 Å². The van der Waals surface area contributed by atoms with Crippen LogP contribution in [-0.2, 0) is 12.8 Å². The smallest absolute Gasteiger partial charge is 0.272 e. The van der Waals surface area contributed by atoms with Gasteiger partial charge in [-0.1, -0.05) is 23.2 Å². The fraction of sp³-hybridized carbons (Fsp3) is 0.600. The second kappa shape index (κ2) is 7.52. The molecule has 1 N–H and O–H groups in total. The predicted octanol–water partition coefficient (Wildman–Crippen LogP) is 6.00. The maximum absolute atomic E-state index is 13.4. The number of carbonyl (C=O) groups is 1. The molecule has 7 rings (SSSR count). The zero-order valence-corrected chi connectivity index (χ0v) is 19.3. The molecule has 6 heteroatoms. The largest absolute Gasteiger partial charge is 0.350 e. The summed E-state index contributed by atoms with van der Waals surface area (Å²) in [5.41, 5.74) is 3.93. The Labute approximate surface area is 193 Å². The molecule has 31 heavy (non-hydrogen) atoms. The molecule has 0 atom stereocenters. The van der Waals surface area contributed by atoms with E-state index in [2.05, 4.69) is 5.32 Å². The third-order valence-corrected chi connectivity index (χ3v) is 8.86. The molecule has 4 fully saturated rings. The minimum Gasteiger partial charge on any atom is -0.350 e. The summed E-state index contributed by atoms with van der Waals surface area (Å²) in [5.74, 6) is 2.66. The van der Waals surface area contributed by atoms with Crippen LogP contribution in [-0.4, -0.2) is 22.2 Å². The quantitative estimate of drug-likeness (QED) is 0.611. The Bertz CT molecular complexity index is 1010. The van der Waals surface area contributed by atoms with E-state index < -0.39 is 0 Å². The van der Waals surface area contributed by atoms with Crippen LogP contribution in [0.15, 0.2) is 18.2 Å². The second-order valence-electron chi connectivity index (χ2n) is 10.6. The van der Waals surface area contributed by atoms with Gasteiger partial charge >= 0.3 is 0 Å². The molecule has 1 heterocycles. The van der Waals surface area contributed by atoms with Crippen molar-refractivity contribution >= 4 is 29.1 Å². The van der Waals surface area contributed by atoms with Gasteiger partial charge in [0.1, 0.15) is 0 Å². The van der Waals surface area contributed by atoms with E-state index in [4.69, 9.17) is 28.3 Å². The number of benzene rings is 1. The molecule has 1 amide bonds. The number of hydrogen-bond donors (Lipinski definition) is 1. The van der Waals surface area contributed by atoms with Gasteiger partial charge < -0.3 is 5.32 Å². The molecule has 1 aromatic heterocycles. The summed E-state index contributed by atoms with van der Waals surface area (Å²) in [7, 11) is 0. The highest BCUT2D eigenvalue weighted by molar-refractivity contribution is 6.35. The molecule has 0 spiro atoms. The summed E-state index contributed by atoms with van der Waals surface area (Å²) in [6, 6.07) is 5.46. The van der Waals surface area contributed by atoms with Gasteiger partial charge in [0.25, 0.3) is 5.91 Å². The zero-order chi connectivity index (χ0) is 21.2. The highest BCUT2D eigenvalue weighted by Gasteiger charge is 2.50. The SMILES string of the molecule is O=C(NCC12CC3CC(CC(C3)C1)C2)c1nn(-c2ccc(Cl)cc2Cl)c2c1CCCC2. The fourth-order valence-corrected chi connectivity index (χ4v) is 7.98. The van der Waals surface area contributed by atoms with Gasteiger partial charge in [-0.25, -0.2) is 4.68 Å². The van der Waals surface area contributed by atoms with Gasteiger partial charge in [0.05, 0.1) is 10.7 Å². The normalized spacial score (nSPS) is 31.0. The lowest BCUT2D eigenvalue weighted by molar-refractivity contribution is -0.0503. The molecule has 2 aromatic rings. The first-order valence-electron chi connectivity index (χ1n) is 11.8. The van der Waals surface area contributed by atoms with Crippen LogP contribution >= 0.6 is 23.2 Å². The first-order chi connectivity index (χ1) is 15.0. The molecule has 5 aliphatic carbocycles. The maximum Gasteiger partial charge on any atom is 0.272 e. The maximum atomic E-state index is 13.4. The van der Waals surface area contributed by atoms with Gasteiger partial charge in [-0.2, -0.15) is 5.10 Å². The first-order valence-corrected chi connectivity index (χ1v) is 12.6. The Morgan fingerprint density at radius 3 is 2.42 bits per heavy atom. The van der Waals surface area contributed by atoms with Gasteiger partial charge in [0.15, 0.2) is 5.69 Å². The van der Waals surface area contributed by atoms with Crippen LogP contribution in [0.25, 0.3) is 5.69 Å². The molecular weight excluding hydrogens is 429 g/mol. The lowest BCUT2D eigenvalue weighted by Crippen LogP contribution is -2.51. The molecule has 1 aromatic carbocycles. The zero-order valence-electron chi connectivity index (χ0n) is 17.8. The molecular formula is C25H29Cl2N3O. The number of nitrogens with zero attached hydrogens (tertiary/aromatic N) is 2. The van der Waals surface area contributed by atoms with Crippen molar-refractivity contribution in [2.45, 2.75) is 64.2 Å². The van der Waals surface area contributed by atoms with E-state index in [9.17, 15) is 4.79 Å². The van der Waals surface area contributed by atoms with E-state index >= 15 is 0 Å². The number of amides is 1. The van der Waals surface area contributed by atoms with Gasteiger partial charge in [-0.05, 0) is 106 Å². The van der Waals surface area contributed by atoms with Crippen LogP contribution in [0.1, 0.15) is 73.1 Å². The van der Waals surface area contributed by atoms with Gasteiger partial charge in [-0.15, -0.1) is 0 Å². The number of aromatic nitrogens is 2. The van der Waals surface area contributed by atoms with Crippen LogP contribution < -0.4 is 5.32 Å². The van der Waals surface area contributed by atoms with Gasteiger partial charge in [0.2, 0.25) is 0 Å². The minimum absolute atomic E-state index is 0.0160. The van der Waals surface area contributed by atoms with Crippen molar-refractivity contribution in [1.29, 1.82) is 0 Å². The topological polar surface area (TPSA) is 46.9 Å². The summed E-state index contributed by atoms with van der Waals surface area (Å²) in [6.07, 6.45) is 12.2. The number of fused-ring (bicyclic) bond motifs is 1. The highest BCUT2D eigenvalue weighted by Crippen LogP contribution is 2.59. The van der Waals surface area contributed by atoms with E-state index in [1.165, 1.54) is 38.5 Å². The van der Waals surface area contributed by atoms with Crippen molar-refractivity contribution in [3.63, 3.8) is 0 Å². The Morgan fingerprint density at radius 1 is 1.06 bits per heavy atom. The lowest BCUT2D eigenvalue weighted by Gasteiger charge is -2.56. The third-order valence-electron chi connectivity index (χ3n) is 8.32. The molecule has 4 nitrogen and oxygen atoms in total. The number of carbonyl (C=O) groups excluding carboxylic acids is 1. The summed E-state index contributed by atoms with van der Waals surface area (Å²) in [5, 5.41) is 9.28. The molecule has 5 aliphatic rings. The number of hydrogen-bond acceptors (Lipinski definition) is 2. The third kappa shape index (κ3) is 3.51. The molecule has 0 aliphatic heterocycles. The summed E-state index contributed by atoms with van der Waals surface area (Å²) in [4.78, 5) is 13.4. The average Bonchev–Trinajstić information content (AvgIpc) is 3.11. The fourth-order valence-electron chi connectivity index (χ4n) is 7.49. The van der Waals surface area contributed by atoms with E-state index in [0.717, 1.165) is 66.9 Å². The second-order valence-corrected chi connectivity index (χ2v) is 11.4. The van der Waals surface area contributed by atoms with Crippen LogP contribution in [0.3, 0.4) is 0 Å². The van der Waals surface area contributed by atoms with E-state index in [1.54, 1.807) is 6.07 Å². The monoisotopic (exact) mass is 457 g/mol. The summed E-state index contributed by atoms with van der Waals surface area (Å²) >= 11 is 12.6. The Balaban J connectivity index is 1.27. The van der Waals surface area contributed by atoms with Crippen LogP contribution in [0, 0.1) is 23.2 Å². The van der Waals surface area contributed by atoms with E-state index in [-0.39, 0.29) is 5.91 Å². The van der Waals surface area contributed by atoms with Crippen LogP contribution in [0.2, 0.25) is 10.0 Å². The Hall–Kier alpha value is -1.52. The average molecular weight is 458 g/mol. The number of rotatable bonds is 4. The molecule has 0 saturated heterocycles.